The third kappa shape index (κ3) is 4.98. The van der Waals surface area contributed by atoms with Gasteiger partial charge < -0.3 is 20.6 Å². The molecule has 4 N–H and O–H groups in total. The molecule has 0 bridgehead atoms. The van der Waals surface area contributed by atoms with Crippen molar-refractivity contribution < 1.29 is 20.1 Å². The molecule has 0 saturated carbocycles. The summed E-state index contributed by atoms with van der Waals surface area (Å²) in [5.74, 6) is -0.911. The second-order valence-electron chi connectivity index (χ2n) is 10.1. The summed E-state index contributed by atoms with van der Waals surface area (Å²) in [6.07, 6.45) is 5.93. The van der Waals surface area contributed by atoms with Crippen molar-refractivity contribution in [3.8, 4) is 17.2 Å². The Morgan fingerprint density at radius 1 is 0.947 bits per heavy atom. The zero-order chi connectivity index (χ0) is 26.8. The molecule has 202 valence electrons. The fraction of sp³-hybridized carbons (Fsp3) is 0.500. The highest BCUT2D eigenvalue weighted by atomic mass is 16.3. The number of benzene rings is 2. The summed E-state index contributed by atoms with van der Waals surface area (Å²) in [7, 11) is 0. The van der Waals surface area contributed by atoms with Gasteiger partial charge in [-0.2, -0.15) is 0 Å². The highest BCUT2D eigenvalue weighted by Crippen LogP contribution is 2.35. The topological polar surface area (TPSA) is 134 Å². The van der Waals surface area contributed by atoms with Gasteiger partial charge in [0.15, 0.2) is 0 Å². The number of amides is 1. The molecule has 10 heteroatoms. The van der Waals surface area contributed by atoms with Crippen LogP contribution in [0.3, 0.4) is 0 Å². The van der Waals surface area contributed by atoms with Crippen molar-refractivity contribution in [2.24, 2.45) is 4.99 Å². The Bertz CT molecular complexity index is 1380. The average Bonchev–Trinajstić information content (AvgIpc) is 3.57. The maximum atomic E-state index is 13.2. The minimum absolute atomic E-state index is 0.119. The van der Waals surface area contributed by atoms with Gasteiger partial charge >= 0.3 is 0 Å². The number of hydrogen-bond acceptors (Lipinski definition) is 9. The lowest BCUT2D eigenvalue weighted by molar-refractivity contribution is 0.0943. The van der Waals surface area contributed by atoms with Gasteiger partial charge in [-0.1, -0.05) is 13.8 Å². The van der Waals surface area contributed by atoms with E-state index in [9.17, 15) is 20.1 Å². The van der Waals surface area contributed by atoms with Crippen LogP contribution in [0.5, 0.6) is 17.2 Å². The number of fused-ring (bicyclic) bond motifs is 2. The van der Waals surface area contributed by atoms with E-state index in [2.05, 4.69) is 43.9 Å². The second kappa shape index (κ2) is 11.1. The second-order valence-corrected chi connectivity index (χ2v) is 10.1. The highest BCUT2D eigenvalue weighted by molar-refractivity contribution is 6.10. The smallest absolute Gasteiger partial charge is 0.253 e. The van der Waals surface area contributed by atoms with Gasteiger partial charge in [0.25, 0.3) is 5.91 Å². The maximum Gasteiger partial charge on any atom is 0.253 e. The zero-order valence-corrected chi connectivity index (χ0v) is 22.0. The van der Waals surface area contributed by atoms with E-state index in [1.165, 1.54) is 18.2 Å². The van der Waals surface area contributed by atoms with Crippen molar-refractivity contribution in [1.29, 1.82) is 0 Å². The monoisotopic (exact) mass is 520 g/mol. The predicted molar refractivity (Wildman–Crippen MR) is 147 cm³/mol. The number of likely N-dealkylation sites (tertiary alicyclic amines) is 2. The van der Waals surface area contributed by atoms with E-state index in [-0.39, 0.29) is 50.8 Å². The molecule has 1 aromatic heterocycles. The minimum atomic E-state index is -0.316. The number of nitrogens with one attached hydrogen (secondary N) is 1. The summed E-state index contributed by atoms with van der Waals surface area (Å²) in [6, 6.07) is 4.79. The molecule has 2 aliphatic heterocycles. The normalized spacial score (nSPS) is 20.8. The number of rotatable bonds is 8. The van der Waals surface area contributed by atoms with E-state index in [0.717, 1.165) is 51.9 Å². The first kappa shape index (κ1) is 26.1. The molecule has 2 aliphatic rings. The molecule has 3 aromatic rings. The van der Waals surface area contributed by atoms with Gasteiger partial charge in [-0.15, -0.1) is 0 Å². The average molecular weight is 521 g/mol. The van der Waals surface area contributed by atoms with Crippen LogP contribution in [-0.4, -0.2) is 98.6 Å². The molecule has 3 heterocycles. The lowest BCUT2D eigenvalue weighted by Crippen LogP contribution is -2.40. The molecule has 10 nitrogen and oxygen atoms in total. The Hall–Kier alpha value is -3.50. The Morgan fingerprint density at radius 2 is 1.61 bits per heavy atom. The fourth-order valence-electron chi connectivity index (χ4n) is 5.83. The Morgan fingerprint density at radius 3 is 2.34 bits per heavy atom. The molecule has 2 saturated heterocycles. The largest absolute Gasteiger partial charge is 0.507 e. The molecule has 0 aliphatic carbocycles. The van der Waals surface area contributed by atoms with Gasteiger partial charge in [-0.3, -0.25) is 19.6 Å². The first-order valence-electron chi connectivity index (χ1n) is 13.6. The van der Waals surface area contributed by atoms with Crippen molar-refractivity contribution in [2.75, 3.05) is 39.3 Å². The number of likely N-dealkylation sites (N-methyl/N-ethyl adjacent to an activating group) is 2. The lowest BCUT2D eigenvalue weighted by atomic mass is 10.1. The zero-order valence-electron chi connectivity index (χ0n) is 22.0. The number of carbonyl (C=O) groups excluding carboxylic acids is 1. The molecule has 2 aromatic carbocycles. The van der Waals surface area contributed by atoms with E-state index >= 15 is 0 Å². The number of aromatic hydroxyl groups is 3. The number of phenolic OH excluding ortho intramolecular Hbond substituents is 3. The molecule has 2 atom stereocenters. The third-order valence-corrected chi connectivity index (χ3v) is 7.94. The summed E-state index contributed by atoms with van der Waals surface area (Å²) in [5, 5.41) is 34.9. The van der Waals surface area contributed by atoms with E-state index in [0.29, 0.717) is 30.7 Å². The molecule has 0 radical (unpaired) electrons. The molecular weight excluding hydrogens is 484 g/mol. The SMILES string of the molecule is CCN1CCCC1CN=Cc1c(O)cc(O)c2nc3c(C(=O)NCC4CCCN4CC)ccc(O)c3nc12. The van der Waals surface area contributed by atoms with Crippen LogP contribution in [0.15, 0.2) is 23.2 Å². The van der Waals surface area contributed by atoms with Gasteiger partial charge in [-0.25, -0.2) is 9.97 Å². The quantitative estimate of drug-likeness (QED) is 0.263. The summed E-state index contributed by atoms with van der Waals surface area (Å²) in [5.41, 5.74) is 1.20. The highest BCUT2D eigenvalue weighted by Gasteiger charge is 2.25. The van der Waals surface area contributed by atoms with Crippen molar-refractivity contribution >= 4 is 34.2 Å². The Kier molecular flexibility index (Phi) is 7.62. The van der Waals surface area contributed by atoms with Crippen molar-refractivity contribution in [2.45, 2.75) is 51.6 Å². The number of phenols is 3. The molecule has 2 fully saturated rings. The van der Waals surface area contributed by atoms with Crippen LogP contribution >= 0.6 is 0 Å². The van der Waals surface area contributed by atoms with Crippen LogP contribution in [0.4, 0.5) is 0 Å². The number of hydrogen-bond donors (Lipinski definition) is 4. The van der Waals surface area contributed by atoms with Crippen LogP contribution in [0, 0.1) is 0 Å². The number of aliphatic imine (C=N–C) groups is 1. The van der Waals surface area contributed by atoms with Crippen LogP contribution in [0.1, 0.15) is 55.5 Å². The van der Waals surface area contributed by atoms with Crippen LogP contribution in [0.25, 0.3) is 22.1 Å². The van der Waals surface area contributed by atoms with Gasteiger partial charge in [0.2, 0.25) is 0 Å². The maximum absolute atomic E-state index is 13.2. The van der Waals surface area contributed by atoms with E-state index in [4.69, 9.17) is 0 Å². The van der Waals surface area contributed by atoms with Gasteiger partial charge in [-0.05, 0) is 64.0 Å². The predicted octanol–water partition coefficient (Wildman–Crippen LogP) is 3.02. The van der Waals surface area contributed by atoms with Crippen molar-refractivity contribution in [3.63, 3.8) is 0 Å². The molecule has 38 heavy (non-hydrogen) atoms. The van der Waals surface area contributed by atoms with Crippen LogP contribution < -0.4 is 5.32 Å². The van der Waals surface area contributed by atoms with Gasteiger partial charge in [0, 0.05) is 30.9 Å². The molecule has 5 rings (SSSR count). The standard InChI is InChI=1S/C28H36N6O4/c1-3-33-11-5-7-17(33)14-29-16-20-22(36)13-23(37)27-25(20)32-26-21(35)10-9-19(24(26)31-27)28(38)30-15-18-8-6-12-34(18)4-2/h9-10,13,16-18,35-37H,3-8,11-12,14-15H2,1-2H3,(H,30,38). The lowest BCUT2D eigenvalue weighted by Gasteiger charge is -2.23. The van der Waals surface area contributed by atoms with Crippen molar-refractivity contribution in [1.82, 2.24) is 25.1 Å². The Balaban J connectivity index is 1.48. The first-order chi connectivity index (χ1) is 18.4. The summed E-state index contributed by atoms with van der Waals surface area (Å²) < 4.78 is 0. The van der Waals surface area contributed by atoms with E-state index in [1.807, 2.05) is 0 Å². The van der Waals surface area contributed by atoms with Gasteiger partial charge in [0.05, 0.1) is 17.7 Å². The number of nitrogens with zero attached hydrogens (tertiary/aromatic N) is 5. The van der Waals surface area contributed by atoms with E-state index < -0.39 is 0 Å². The summed E-state index contributed by atoms with van der Waals surface area (Å²) in [4.78, 5) is 31.6. The first-order valence-corrected chi connectivity index (χ1v) is 13.6. The van der Waals surface area contributed by atoms with E-state index in [1.54, 1.807) is 6.21 Å². The molecule has 0 spiro atoms. The van der Waals surface area contributed by atoms with Crippen LogP contribution in [-0.2, 0) is 0 Å². The molecular formula is C28H36N6O4. The minimum Gasteiger partial charge on any atom is -0.507 e. The Labute approximate surface area is 222 Å². The fourth-order valence-corrected chi connectivity index (χ4v) is 5.83. The summed E-state index contributed by atoms with van der Waals surface area (Å²) >= 11 is 0. The summed E-state index contributed by atoms with van der Waals surface area (Å²) in [6.45, 7) is 9.37. The third-order valence-electron chi connectivity index (χ3n) is 7.94. The number of carbonyl (C=O) groups is 1. The molecule has 1 amide bonds. The molecule has 2 unspecified atom stereocenters. The van der Waals surface area contributed by atoms with Gasteiger partial charge in [0.1, 0.15) is 39.3 Å². The number of aromatic nitrogens is 2. The van der Waals surface area contributed by atoms with Crippen LogP contribution in [0.2, 0.25) is 0 Å². The van der Waals surface area contributed by atoms with Crippen molar-refractivity contribution in [3.05, 3.63) is 29.3 Å².